The van der Waals surface area contributed by atoms with Gasteiger partial charge in [-0.1, -0.05) is 22.0 Å². The average molecular weight is 350 g/mol. The SMILES string of the molecule is CC(CBr)N(C)S(=O)(=O)c1cccc2c1N=S=N2. The summed E-state index contributed by atoms with van der Waals surface area (Å²) in [6, 6.07) is 4.88. The molecule has 0 bridgehead atoms. The van der Waals surface area contributed by atoms with E-state index in [2.05, 4.69) is 24.7 Å². The van der Waals surface area contributed by atoms with Crippen molar-refractivity contribution < 1.29 is 8.42 Å². The summed E-state index contributed by atoms with van der Waals surface area (Å²) in [6.45, 7) is 1.84. The van der Waals surface area contributed by atoms with Gasteiger partial charge in [0.05, 0.1) is 11.4 Å². The number of alkyl halides is 1. The van der Waals surface area contributed by atoms with E-state index in [0.29, 0.717) is 16.7 Å². The van der Waals surface area contributed by atoms with E-state index in [9.17, 15) is 8.42 Å². The van der Waals surface area contributed by atoms with Crippen LogP contribution < -0.4 is 0 Å². The molecule has 0 spiro atoms. The predicted octanol–water partition coefficient (Wildman–Crippen LogP) is 2.82. The Morgan fingerprint density at radius 3 is 2.83 bits per heavy atom. The normalized spacial score (nSPS) is 15.6. The lowest BCUT2D eigenvalue weighted by molar-refractivity contribution is 0.416. The topological polar surface area (TPSA) is 62.1 Å². The summed E-state index contributed by atoms with van der Waals surface area (Å²) in [7, 11) is -1.97. The lowest BCUT2D eigenvalue weighted by Crippen LogP contribution is -2.36. The third-order valence-electron chi connectivity index (χ3n) is 2.75. The third kappa shape index (κ3) is 2.29. The minimum Gasteiger partial charge on any atom is -0.207 e. The first-order chi connectivity index (χ1) is 8.48. The van der Waals surface area contributed by atoms with Gasteiger partial charge in [0.2, 0.25) is 10.0 Å². The van der Waals surface area contributed by atoms with E-state index < -0.39 is 10.0 Å². The summed E-state index contributed by atoms with van der Waals surface area (Å²) in [5.41, 5.74) is 1.05. The number of sulfonamides is 1. The molecule has 0 aliphatic carbocycles. The number of rotatable bonds is 4. The second-order valence-corrected chi connectivity index (χ2v) is 7.05. The molecule has 0 N–H and O–H groups in total. The van der Waals surface area contributed by atoms with Crippen LogP contribution >= 0.6 is 15.9 Å². The molecule has 0 fully saturated rings. The average Bonchev–Trinajstić information content (AvgIpc) is 2.84. The molecule has 0 amide bonds. The molecule has 1 aromatic rings. The van der Waals surface area contributed by atoms with Crippen molar-refractivity contribution in [3.05, 3.63) is 18.2 Å². The molecule has 0 saturated carbocycles. The smallest absolute Gasteiger partial charge is 0.207 e. The molecular formula is C10H12BrN3O2S2. The van der Waals surface area contributed by atoms with Gasteiger partial charge < -0.3 is 0 Å². The molecule has 0 aromatic heterocycles. The van der Waals surface area contributed by atoms with Crippen LogP contribution in [0.15, 0.2) is 31.8 Å². The molecule has 1 atom stereocenters. The lowest BCUT2D eigenvalue weighted by atomic mass is 10.3. The fourth-order valence-corrected chi connectivity index (χ4v) is 4.22. The summed E-state index contributed by atoms with van der Waals surface area (Å²) >= 11 is 4.31. The minimum atomic E-state index is -3.54. The van der Waals surface area contributed by atoms with Crippen LogP contribution in [0.3, 0.4) is 0 Å². The van der Waals surface area contributed by atoms with Crippen molar-refractivity contribution in [2.75, 3.05) is 12.4 Å². The van der Waals surface area contributed by atoms with E-state index in [-0.39, 0.29) is 10.9 Å². The van der Waals surface area contributed by atoms with E-state index in [4.69, 9.17) is 0 Å². The zero-order valence-corrected chi connectivity index (χ0v) is 13.1. The highest BCUT2D eigenvalue weighted by Gasteiger charge is 2.29. The molecule has 0 saturated heterocycles. The van der Waals surface area contributed by atoms with Gasteiger partial charge in [0.15, 0.2) is 0 Å². The van der Waals surface area contributed by atoms with Crippen LogP contribution in [0.4, 0.5) is 11.4 Å². The zero-order chi connectivity index (χ0) is 13.3. The molecule has 8 heteroatoms. The molecule has 1 aliphatic heterocycles. The van der Waals surface area contributed by atoms with Crippen molar-refractivity contribution in [2.45, 2.75) is 17.9 Å². The number of hydrogen-bond donors (Lipinski definition) is 0. The van der Waals surface area contributed by atoms with Crippen molar-refractivity contribution in [1.82, 2.24) is 4.31 Å². The standard InChI is InChI=1S/C10H12BrN3O2S2/c1-7(6-11)14(2)18(15,16)9-5-3-4-8-10(9)13-17-12-8/h3-5,7H,6H2,1-2H3. The fraction of sp³-hybridized carbons (Fsp3) is 0.400. The van der Waals surface area contributed by atoms with Crippen molar-refractivity contribution in [3.63, 3.8) is 0 Å². The van der Waals surface area contributed by atoms with Gasteiger partial charge in [0.25, 0.3) is 0 Å². The Morgan fingerprint density at radius 2 is 2.17 bits per heavy atom. The first-order valence-corrected chi connectivity index (χ1v) is 8.53. The number of nitrogens with zero attached hydrogens (tertiary/aromatic N) is 3. The highest BCUT2D eigenvalue weighted by Crippen LogP contribution is 2.38. The van der Waals surface area contributed by atoms with Gasteiger partial charge in [-0.3, -0.25) is 0 Å². The fourth-order valence-electron chi connectivity index (χ4n) is 1.48. The quantitative estimate of drug-likeness (QED) is 0.796. The lowest BCUT2D eigenvalue weighted by Gasteiger charge is -2.23. The van der Waals surface area contributed by atoms with E-state index in [1.165, 1.54) is 4.31 Å². The van der Waals surface area contributed by atoms with Crippen LogP contribution in [-0.4, -0.2) is 31.1 Å². The number of benzene rings is 1. The molecule has 1 aliphatic rings. The van der Waals surface area contributed by atoms with Gasteiger partial charge >= 0.3 is 0 Å². The van der Waals surface area contributed by atoms with Gasteiger partial charge in [0.1, 0.15) is 16.3 Å². The second-order valence-electron chi connectivity index (χ2n) is 3.91. The first-order valence-electron chi connectivity index (χ1n) is 5.23. The van der Waals surface area contributed by atoms with Crippen LogP contribution in [0.25, 0.3) is 0 Å². The van der Waals surface area contributed by atoms with Crippen molar-refractivity contribution in [2.24, 2.45) is 8.73 Å². The van der Waals surface area contributed by atoms with Crippen LogP contribution in [0, 0.1) is 0 Å². The Kier molecular flexibility index (Phi) is 4.00. The predicted molar refractivity (Wildman–Crippen MR) is 76.2 cm³/mol. The molecule has 1 unspecified atom stereocenters. The summed E-state index contributed by atoms with van der Waals surface area (Å²) in [4.78, 5) is 0.212. The Morgan fingerprint density at radius 1 is 1.44 bits per heavy atom. The van der Waals surface area contributed by atoms with Crippen molar-refractivity contribution in [3.8, 4) is 0 Å². The van der Waals surface area contributed by atoms with E-state index >= 15 is 0 Å². The number of hydrogen-bond acceptors (Lipinski definition) is 4. The van der Waals surface area contributed by atoms with E-state index in [1.54, 1.807) is 25.2 Å². The van der Waals surface area contributed by atoms with Crippen molar-refractivity contribution in [1.29, 1.82) is 0 Å². The highest BCUT2D eigenvalue weighted by atomic mass is 79.9. The minimum absolute atomic E-state index is 0.128. The third-order valence-corrected chi connectivity index (χ3v) is 6.23. The van der Waals surface area contributed by atoms with Gasteiger partial charge in [-0.25, -0.2) is 8.42 Å². The number of fused-ring (bicyclic) bond motifs is 1. The maximum atomic E-state index is 12.5. The molecule has 98 valence electrons. The van der Waals surface area contributed by atoms with Crippen LogP contribution in [0.5, 0.6) is 0 Å². The Labute approximate surface area is 118 Å². The summed E-state index contributed by atoms with van der Waals surface area (Å²) in [6.07, 6.45) is 0. The highest BCUT2D eigenvalue weighted by molar-refractivity contribution is 9.09. The molecular weight excluding hydrogens is 338 g/mol. The van der Waals surface area contributed by atoms with Gasteiger partial charge in [0, 0.05) is 18.4 Å². The molecule has 0 radical (unpaired) electrons. The summed E-state index contributed by atoms with van der Waals surface area (Å²) in [5.74, 6) is 0. The summed E-state index contributed by atoms with van der Waals surface area (Å²) < 4.78 is 34.4. The maximum Gasteiger partial charge on any atom is 0.245 e. The molecule has 2 rings (SSSR count). The second kappa shape index (κ2) is 5.20. The van der Waals surface area contributed by atoms with Gasteiger partial charge in [-0.15, -0.1) is 0 Å². The van der Waals surface area contributed by atoms with Gasteiger partial charge in [-0.05, 0) is 19.1 Å². The first kappa shape index (κ1) is 13.9. The molecule has 5 nitrogen and oxygen atoms in total. The monoisotopic (exact) mass is 349 g/mol. The van der Waals surface area contributed by atoms with Crippen LogP contribution in [0.1, 0.15) is 6.92 Å². The van der Waals surface area contributed by atoms with Crippen LogP contribution in [0.2, 0.25) is 0 Å². The zero-order valence-electron chi connectivity index (χ0n) is 9.87. The van der Waals surface area contributed by atoms with Gasteiger partial charge in [-0.2, -0.15) is 13.0 Å². The van der Waals surface area contributed by atoms with Crippen molar-refractivity contribution >= 4 is 48.7 Å². The Bertz CT molecular complexity index is 639. The Hall–Kier alpha value is -0.570. The van der Waals surface area contributed by atoms with E-state index in [1.807, 2.05) is 6.92 Å². The summed E-state index contributed by atoms with van der Waals surface area (Å²) in [5, 5.41) is 0.577. The molecule has 18 heavy (non-hydrogen) atoms. The van der Waals surface area contributed by atoms with Crippen LogP contribution in [-0.2, 0) is 21.4 Å². The Balaban J connectivity index is 2.50. The largest absolute Gasteiger partial charge is 0.245 e. The number of halogens is 1. The van der Waals surface area contributed by atoms with E-state index in [0.717, 1.165) is 11.4 Å². The molecule has 1 aromatic carbocycles. The molecule has 1 heterocycles. The maximum absolute atomic E-state index is 12.5.